The summed E-state index contributed by atoms with van der Waals surface area (Å²) in [7, 11) is 1.90. The van der Waals surface area contributed by atoms with Gasteiger partial charge in [-0.1, -0.05) is 6.42 Å². The molecule has 2 aliphatic rings. The van der Waals surface area contributed by atoms with Crippen LogP contribution in [0.4, 0.5) is 0 Å². The summed E-state index contributed by atoms with van der Waals surface area (Å²) in [5.74, 6) is 0.162. The van der Waals surface area contributed by atoms with Gasteiger partial charge in [-0.3, -0.25) is 4.79 Å². The molecule has 0 spiro atoms. The number of carbonyl (C=O) groups excluding carboxylic acids is 1. The zero-order valence-electron chi connectivity index (χ0n) is 11.7. The van der Waals surface area contributed by atoms with E-state index < -0.39 is 0 Å². The smallest absolute Gasteiger partial charge is 0.251 e. The van der Waals surface area contributed by atoms with Gasteiger partial charge in [-0.2, -0.15) is 0 Å². The van der Waals surface area contributed by atoms with Gasteiger partial charge in [0.2, 0.25) is 0 Å². The van der Waals surface area contributed by atoms with Crippen molar-refractivity contribution in [2.75, 3.05) is 20.1 Å². The van der Waals surface area contributed by atoms with E-state index in [2.05, 4.69) is 5.32 Å². The summed E-state index contributed by atoms with van der Waals surface area (Å²) in [4.78, 5) is 14.0. The molecule has 3 atom stereocenters. The van der Waals surface area contributed by atoms with E-state index in [1.165, 1.54) is 19.3 Å². The first-order valence-corrected chi connectivity index (χ1v) is 7.30. The van der Waals surface area contributed by atoms with E-state index in [4.69, 9.17) is 4.74 Å². The van der Waals surface area contributed by atoms with E-state index in [-0.39, 0.29) is 18.1 Å². The molecule has 2 saturated heterocycles. The molecule has 1 N–H and O–H groups in total. The number of hydrogen-bond donors (Lipinski definition) is 1. The normalized spacial score (nSPS) is 32.4. The molecule has 0 aromatic heterocycles. The van der Waals surface area contributed by atoms with Crippen molar-refractivity contribution in [2.24, 2.45) is 0 Å². The average molecular weight is 254 g/mol. The Bertz CT molecular complexity index is 277. The Hall–Kier alpha value is -0.610. The maximum absolute atomic E-state index is 12.1. The van der Waals surface area contributed by atoms with Crippen LogP contribution in [0.3, 0.4) is 0 Å². The van der Waals surface area contributed by atoms with Crippen LogP contribution in [0.25, 0.3) is 0 Å². The molecule has 0 aliphatic carbocycles. The molecule has 2 rings (SSSR count). The Morgan fingerprint density at radius 3 is 2.78 bits per heavy atom. The first-order valence-electron chi connectivity index (χ1n) is 7.30. The fraction of sp³-hybridized carbons (Fsp3) is 0.929. The minimum absolute atomic E-state index is 0.162. The highest BCUT2D eigenvalue weighted by atomic mass is 16.5. The zero-order chi connectivity index (χ0) is 13.0. The lowest BCUT2D eigenvalue weighted by atomic mass is 10.0. The number of hydrogen-bond acceptors (Lipinski definition) is 3. The van der Waals surface area contributed by atoms with Gasteiger partial charge >= 0.3 is 0 Å². The summed E-state index contributed by atoms with van der Waals surface area (Å²) in [5, 5.41) is 3.52. The van der Waals surface area contributed by atoms with Gasteiger partial charge in [-0.25, -0.2) is 0 Å². The Morgan fingerprint density at radius 1 is 1.33 bits per heavy atom. The van der Waals surface area contributed by atoms with Gasteiger partial charge in [0.05, 0.1) is 6.10 Å². The maximum Gasteiger partial charge on any atom is 0.251 e. The van der Waals surface area contributed by atoms with Gasteiger partial charge in [0, 0.05) is 19.6 Å². The molecule has 0 aromatic rings. The molecule has 0 saturated carbocycles. The van der Waals surface area contributed by atoms with Crippen LogP contribution in [0.5, 0.6) is 0 Å². The number of piperidine rings is 1. The SMILES string of the molecule is CC1CCC(C(=O)N(C)CCC2CCCCN2)O1. The summed E-state index contributed by atoms with van der Waals surface area (Å²) < 4.78 is 5.63. The summed E-state index contributed by atoms with van der Waals surface area (Å²) in [6.07, 6.45) is 6.86. The number of rotatable bonds is 4. The summed E-state index contributed by atoms with van der Waals surface area (Å²) >= 11 is 0. The molecule has 2 aliphatic heterocycles. The highest BCUT2D eigenvalue weighted by Gasteiger charge is 2.30. The molecule has 2 heterocycles. The number of amides is 1. The average Bonchev–Trinajstić information content (AvgIpc) is 2.83. The van der Waals surface area contributed by atoms with Crippen LogP contribution in [-0.2, 0) is 9.53 Å². The van der Waals surface area contributed by atoms with Gasteiger partial charge in [0.25, 0.3) is 5.91 Å². The Kier molecular flexibility index (Phi) is 5.01. The van der Waals surface area contributed by atoms with Crippen molar-refractivity contribution in [3.63, 3.8) is 0 Å². The van der Waals surface area contributed by atoms with Crippen LogP contribution >= 0.6 is 0 Å². The second-order valence-electron chi connectivity index (χ2n) is 5.71. The van der Waals surface area contributed by atoms with Crippen LogP contribution in [0.1, 0.15) is 45.4 Å². The molecule has 0 radical (unpaired) electrons. The lowest BCUT2D eigenvalue weighted by Gasteiger charge is -2.27. The van der Waals surface area contributed by atoms with Crippen molar-refractivity contribution in [2.45, 2.75) is 63.7 Å². The van der Waals surface area contributed by atoms with Gasteiger partial charge in [0.1, 0.15) is 6.10 Å². The molecule has 3 unspecified atom stereocenters. The van der Waals surface area contributed by atoms with Crippen molar-refractivity contribution < 1.29 is 9.53 Å². The maximum atomic E-state index is 12.1. The second-order valence-corrected chi connectivity index (χ2v) is 5.71. The molecule has 104 valence electrons. The molecule has 4 heteroatoms. The van der Waals surface area contributed by atoms with E-state index in [0.29, 0.717) is 6.04 Å². The molecule has 1 amide bonds. The summed E-state index contributed by atoms with van der Waals surface area (Å²) in [6.45, 7) is 4.01. The number of likely N-dealkylation sites (N-methyl/N-ethyl adjacent to an activating group) is 1. The lowest BCUT2D eigenvalue weighted by molar-refractivity contribution is -0.141. The summed E-state index contributed by atoms with van der Waals surface area (Å²) in [6, 6.07) is 0.595. The van der Waals surface area contributed by atoms with Gasteiger partial charge in [-0.05, 0) is 45.6 Å². The van der Waals surface area contributed by atoms with Crippen LogP contribution in [0, 0.1) is 0 Å². The largest absolute Gasteiger partial charge is 0.365 e. The van der Waals surface area contributed by atoms with Gasteiger partial charge in [-0.15, -0.1) is 0 Å². The lowest BCUT2D eigenvalue weighted by Crippen LogP contribution is -2.41. The molecule has 0 bridgehead atoms. The third-order valence-electron chi connectivity index (χ3n) is 4.11. The van der Waals surface area contributed by atoms with Crippen molar-refractivity contribution >= 4 is 5.91 Å². The zero-order valence-corrected chi connectivity index (χ0v) is 11.7. The molecule has 4 nitrogen and oxygen atoms in total. The number of nitrogens with zero attached hydrogens (tertiary/aromatic N) is 1. The third kappa shape index (κ3) is 3.69. The van der Waals surface area contributed by atoms with Crippen LogP contribution in [-0.4, -0.2) is 49.2 Å². The highest BCUT2D eigenvalue weighted by molar-refractivity contribution is 5.80. The molecular formula is C14H26N2O2. The van der Waals surface area contributed by atoms with E-state index in [0.717, 1.165) is 32.4 Å². The minimum Gasteiger partial charge on any atom is -0.365 e. The van der Waals surface area contributed by atoms with E-state index >= 15 is 0 Å². The Morgan fingerprint density at radius 2 is 2.17 bits per heavy atom. The number of nitrogens with one attached hydrogen (secondary N) is 1. The molecule has 18 heavy (non-hydrogen) atoms. The van der Waals surface area contributed by atoms with Crippen LogP contribution < -0.4 is 5.32 Å². The van der Waals surface area contributed by atoms with Crippen LogP contribution in [0.2, 0.25) is 0 Å². The number of ether oxygens (including phenoxy) is 1. The predicted octanol–water partition coefficient (Wildman–Crippen LogP) is 1.54. The first kappa shape index (κ1) is 13.8. The minimum atomic E-state index is -0.190. The topological polar surface area (TPSA) is 41.6 Å². The van der Waals surface area contributed by atoms with E-state index in [1.807, 2.05) is 18.9 Å². The molecular weight excluding hydrogens is 228 g/mol. The standard InChI is InChI=1S/C14H26N2O2/c1-11-6-7-13(18-11)14(17)16(2)10-8-12-5-3-4-9-15-12/h11-13,15H,3-10H2,1-2H3. The second kappa shape index (κ2) is 6.53. The first-order chi connectivity index (χ1) is 8.66. The Balaban J connectivity index is 1.70. The monoisotopic (exact) mass is 254 g/mol. The fourth-order valence-corrected chi connectivity index (χ4v) is 2.86. The van der Waals surface area contributed by atoms with E-state index in [9.17, 15) is 4.79 Å². The van der Waals surface area contributed by atoms with Crippen LogP contribution in [0.15, 0.2) is 0 Å². The quantitative estimate of drug-likeness (QED) is 0.827. The van der Waals surface area contributed by atoms with Gasteiger partial charge < -0.3 is 15.0 Å². The molecule has 2 fully saturated rings. The van der Waals surface area contributed by atoms with Crippen molar-refractivity contribution in [1.82, 2.24) is 10.2 Å². The Labute approximate surface area is 110 Å². The molecule has 0 aromatic carbocycles. The third-order valence-corrected chi connectivity index (χ3v) is 4.11. The summed E-state index contributed by atoms with van der Waals surface area (Å²) in [5.41, 5.74) is 0. The predicted molar refractivity (Wildman–Crippen MR) is 71.5 cm³/mol. The van der Waals surface area contributed by atoms with E-state index in [1.54, 1.807) is 0 Å². The number of carbonyl (C=O) groups is 1. The van der Waals surface area contributed by atoms with Crippen molar-refractivity contribution in [3.8, 4) is 0 Å². The van der Waals surface area contributed by atoms with Crippen molar-refractivity contribution in [3.05, 3.63) is 0 Å². The fourth-order valence-electron chi connectivity index (χ4n) is 2.86. The highest BCUT2D eigenvalue weighted by Crippen LogP contribution is 2.20. The van der Waals surface area contributed by atoms with Crippen molar-refractivity contribution in [1.29, 1.82) is 0 Å². The van der Waals surface area contributed by atoms with Gasteiger partial charge in [0.15, 0.2) is 0 Å².